The molecule has 1 fully saturated rings. The lowest BCUT2D eigenvalue weighted by atomic mass is 9.83. The number of anilines is 1. The summed E-state index contributed by atoms with van der Waals surface area (Å²) in [6.07, 6.45) is 5.25. The van der Waals surface area contributed by atoms with Gasteiger partial charge in [-0.2, -0.15) is 5.10 Å². The minimum Gasteiger partial charge on any atom is -0.476 e. The zero-order valence-corrected chi connectivity index (χ0v) is 11.1. The number of ether oxygens (including phenoxy) is 1. The molecule has 1 aliphatic rings. The van der Waals surface area contributed by atoms with Crippen LogP contribution in [-0.4, -0.2) is 16.4 Å². The molecule has 1 aromatic heterocycles. The fraction of sp³-hybridized carbons (Fsp3) is 0.769. The van der Waals surface area contributed by atoms with Crippen molar-refractivity contribution >= 4 is 5.69 Å². The van der Waals surface area contributed by atoms with Crippen LogP contribution in [0.4, 0.5) is 5.69 Å². The normalized spacial score (nSPS) is 16.2. The van der Waals surface area contributed by atoms with Gasteiger partial charge in [0.05, 0.1) is 18.3 Å². The van der Waals surface area contributed by atoms with Crippen molar-refractivity contribution in [3.63, 3.8) is 0 Å². The molecule has 1 aromatic rings. The van der Waals surface area contributed by atoms with E-state index < -0.39 is 0 Å². The highest BCUT2D eigenvalue weighted by atomic mass is 16.5. The molecule has 0 saturated heterocycles. The van der Waals surface area contributed by atoms with Crippen LogP contribution < -0.4 is 10.5 Å². The van der Waals surface area contributed by atoms with Crippen LogP contribution in [0.5, 0.6) is 5.88 Å². The molecule has 1 heterocycles. The van der Waals surface area contributed by atoms with Crippen molar-refractivity contribution < 1.29 is 4.74 Å². The van der Waals surface area contributed by atoms with E-state index in [0.29, 0.717) is 5.69 Å². The molecule has 0 spiro atoms. The van der Waals surface area contributed by atoms with Crippen molar-refractivity contribution in [3.05, 3.63) is 5.69 Å². The second kappa shape index (κ2) is 4.98. The van der Waals surface area contributed by atoms with Crippen molar-refractivity contribution in [1.29, 1.82) is 0 Å². The number of aryl methyl sites for hydroxylation is 1. The minimum atomic E-state index is 0.282. The summed E-state index contributed by atoms with van der Waals surface area (Å²) in [5, 5.41) is 4.41. The largest absolute Gasteiger partial charge is 0.476 e. The summed E-state index contributed by atoms with van der Waals surface area (Å²) in [7, 11) is 0. The van der Waals surface area contributed by atoms with Crippen LogP contribution in [0, 0.1) is 12.8 Å². The fourth-order valence-corrected chi connectivity index (χ4v) is 2.14. The summed E-state index contributed by atoms with van der Waals surface area (Å²) in [6.45, 7) is 6.86. The van der Waals surface area contributed by atoms with Crippen LogP contribution in [0.3, 0.4) is 0 Å². The molecule has 1 saturated carbocycles. The van der Waals surface area contributed by atoms with E-state index in [9.17, 15) is 0 Å². The Morgan fingerprint density at radius 2 is 2.18 bits per heavy atom. The van der Waals surface area contributed by atoms with Gasteiger partial charge in [0.1, 0.15) is 5.69 Å². The van der Waals surface area contributed by atoms with Crippen molar-refractivity contribution in [1.82, 2.24) is 9.78 Å². The number of rotatable bonds is 5. The summed E-state index contributed by atoms with van der Waals surface area (Å²) in [4.78, 5) is 0. The molecule has 4 heteroatoms. The maximum atomic E-state index is 6.00. The summed E-state index contributed by atoms with van der Waals surface area (Å²) in [5.41, 5.74) is 7.54. The third-order valence-corrected chi connectivity index (χ3v) is 3.56. The average Bonchev–Trinajstić information content (AvgIpc) is 2.49. The maximum Gasteiger partial charge on any atom is 0.236 e. The molecule has 0 aliphatic heterocycles. The third kappa shape index (κ3) is 2.56. The Balaban J connectivity index is 1.97. The zero-order chi connectivity index (χ0) is 12.4. The molecule has 0 radical (unpaired) electrons. The van der Waals surface area contributed by atoms with Gasteiger partial charge >= 0.3 is 0 Å². The van der Waals surface area contributed by atoms with Crippen molar-refractivity contribution in [2.75, 3.05) is 12.3 Å². The molecule has 1 aliphatic carbocycles. The van der Waals surface area contributed by atoms with E-state index in [1.807, 2.05) is 11.6 Å². The molecule has 2 N–H and O–H groups in total. The van der Waals surface area contributed by atoms with E-state index in [4.69, 9.17) is 10.5 Å². The highest BCUT2D eigenvalue weighted by Crippen LogP contribution is 2.31. The summed E-state index contributed by atoms with van der Waals surface area (Å²) in [5.74, 6) is 1.62. The number of nitrogen functional groups attached to an aromatic ring is 1. The first-order valence-corrected chi connectivity index (χ1v) is 6.57. The summed E-state index contributed by atoms with van der Waals surface area (Å²) in [6, 6.07) is 0.282. The predicted molar refractivity (Wildman–Crippen MR) is 69.2 cm³/mol. The molecule has 96 valence electrons. The first-order chi connectivity index (χ1) is 8.09. The number of aromatic nitrogens is 2. The van der Waals surface area contributed by atoms with E-state index in [0.717, 1.165) is 30.5 Å². The van der Waals surface area contributed by atoms with Crippen LogP contribution in [0.15, 0.2) is 0 Å². The predicted octanol–water partition coefficient (Wildman–Crippen LogP) is 2.92. The summed E-state index contributed by atoms with van der Waals surface area (Å²) >= 11 is 0. The molecule has 2 rings (SSSR count). The number of nitrogens with two attached hydrogens (primary N) is 1. The van der Waals surface area contributed by atoms with Gasteiger partial charge in [0.15, 0.2) is 0 Å². The quantitative estimate of drug-likeness (QED) is 0.856. The molecular weight excluding hydrogens is 214 g/mol. The molecule has 0 bridgehead atoms. The lowest BCUT2D eigenvalue weighted by Gasteiger charge is -2.25. The third-order valence-electron chi connectivity index (χ3n) is 3.56. The van der Waals surface area contributed by atoms with E-state index >= 15 is 0 Å². The molecule has 0 atom stereocenters. The molecule has 0 amide bonds. The van der Waals surface area contributed by atoms with Gasteiger partial charge in [0.25, 0.3) is 0 Å². The first kappa shape index (κ1) is 12.3. The smallest absolute Gasteiger partial charge is 0.236 e. The lowest BCUT2D eigenvalue weighted by molar-refractivity contribution is 0.208. The monoisotopic (exact) mass is 237 g/mol. The standard InChI is InChI=1S/C13H23N3O/c1-9(2)16-13(12(14)10(3)15-16)17-8-7-11-5-4-6-11/h9,11H,4-8,14H2,1-3H3. The summed E-state index contributed by atoms with van der Waals surface area (Å²) < 4.78 is 7.71. The number of hydrogen-bond acceptors (Lipinski definition) is 3. The van der Waals surface area contributed by atoms with Gasteiger partial charge in [-0.25, -0.2) is 4.68 Å². The van der Waals surface area contributed by atoms with E-state index in [1.165, 1.54) is 19.3 Å². The maximum absolute atomic E-state index is 6.00. The van der Waals surface area contributed by atoms with Gasteiger partial charge in [-0.3, -0.25) is 0 Å². The van der Waals surface area contributed by atoms with Crippen molar-refractivity contribution in [3.8, 4) is 5.88 Å². The average molecular weight is 237 g/mol. The number of hydrogen-bond donors (Lipinski definition) is 1. The zero-order valence-electron chi connectivity index (χ0n) is 11.1. The Labute approximate surface area is 103 Å². The van der Waals surface area contributed by atoms with Gasteiger partial charge < -0.3 is 10.5 Å². The number of nitrogens with zero attached hydrogens (tertiary/aromatic N) is 2. The van der Waals surface area contributed by atoms with Crippen LogP contribution in [0.1, 0.15) is 51.3 Å². The Kier molecular flexibility index (Phi) is 3.60. The molecule has 0 aromatic carbocycles. The van der Waals surface area contributed by atoms with Gasteiger partial charge in [-0.1, -0.05) is 19.3 Å². The fourth-order valence-electron chi connectivity index (χ4n) is 2.14. The minimum absolute atomic E-state index is 0.282. The van der Waals surface area contributed by atoms with Crippen LogP contribution >= 0.6 is 0 Å². The van der Waals surface area contributed by atoms with Crippen molar-refractivity contribution in [2.45, 2.75) is 52.5 Å². The van der Waals surface area contributed by atoms with Gasteiger partial charge in [0.2, 0.25) is 5.88 Å². The van der Waals surface area contributed by atoms with Gasteiger partial charge in [0, 0.05) is 0 Å². The van der Waals surface area contributed by atoms with E-state index in [2.05, 4.69) is 18.9 Å². The second-order valence-electron chi connectivity index (χ2n) is 5.28. The van der Waals surface area contributed by atoms with Crippen LogP contribution in [-0.2, 0) is 0 Å². The first-order valence-electron chi connectivity index (χ1n) is 6.57. The Morgan fingerprint density at radius 3 is 2.71 bits per heavy atom. The molecule has 17 heavy (non-hydrogen) atoms. The van der Waals surface area contributed by atoms with E-state index in [1.54, 1.807) is 0 Å². The Hall–Kier alpha value is -1.19. The highest BCUT2D eigenvalue weighted by Gasteiger charge is 2.19. The second-order valence-corrected chi connectivity index (χ2v) is 5.28. The molecular formula is C13H23N3O. The van der Waals surface area contributed by atoms with Crippen molar-refractivity contribution in [2.24, 2.45) is 5.92 Å². The lowest BCUT2D eigenvalue weighted by Crippen LogP contribution is -2.16. The van der Waals surface area contributed by atoms with Gasteiger partial charge in [-0.05, 0) is 33.1 Å². The highest BCUT2D eigenvalue weighted by molar-refractivity contribution is 5.52. The van der Waals surface area contributed by atoms with Gasteiger partial charge in [-0.15, -0.1) is 0 Å². The Morgan fingerprint density at radius 1 is 1.47 bits per heavy atom. The van der Waals surface area contributed by atoms with Crippen LogP contribution in [0.2, 0.25) is 0 Å². The SMILES string of the molecule is Cc1nn(C(C)C)c(OCCC2CCC2)c1N. The Bertz CT molecular complexity index is 380. The topological polar surface area (TPSA) is 53.1 Å². The van der Waals surface area contributed by atoms with E-state index in [-0.39, 0.29) is 6.04 Å². The molecule has 4 nitrogen and oxygen atoms in total. The van der Waals surface area contributed by atoms with Crippen LogP contribution in [0.25, 0.3) is 0 Å². The molecule has 0 unspecified atom stereocenters.